The van der Waals surface area contributed by atoms with Crippen LogP contribution >= 0.6 is 15.9 Å². The van der Waals surface area contributed by atoms with Gasteiger partial charge in [-0.2, -0.15) is 0 Å². The minimum atomic E-state index is -0.268. The molecule has 3 nitrogen and oxygen atoms in total. The van der Waals surface area contributed by atoms with Gasteiger partial charge in [-0.3, -0.25) is 4.79 Å². The largest absolute Gasteiger partial charge is 0.337 e. The Morgan fingerprint density at radius 2 is 2.30 bits per heavy atom. The molecule has 1 aromatic carbocycles. The molecule has 1 aliphatic rings. The van der Waals surface area contributed by atoms with Crippen LogP contribution < -0.4 is 5.32 Å². The number of amides is 1. The van der Waals surface area contributed by atoms with E-state index in [4.69, 9.17) is 0 Å². The maximum absolute atomic E-state index is 13.8. The first kappa shape index (κ1) is 15.4. The number of carbonyl (C=O) groups excluding carboxylic acids is 1. The van der Waals surface area contributed by atoms with Gasteiger partial charge in [0.2, 0.25) is 5.91 Å². The Morgan fingerprint density at radius 3 is 2.95 bits per heavy atom. The number of nitrogens with one attached hydrogen (secondary N) is 1. The van der Waals surface area contributed by atoms with Crippen molar-refractivity contribution in [1.29, 1.82) is 0 Å². The maximum Gasteiger partial charge on any atom is 0.239 e. The average molecular weight is 343 g/mol. The van der Waals surface area contributed by atoms with E-state index in [0.29, 0.717) is 18.7 Å². The Morgan fingerprint density at radius 1 is 1.50 bits per heavy atom. The Bertz CT molecular complexity index is 475. The summed E-state index contributed by atoms with van der Waals surface area (Å²) in [5.74, 6) is -0.192. The molecule has 1 fully saturated rings. The van der Waals surface area contributed by atoms with Crippen molar-refractivity contribution in [2.24, 2.45) is 0 Å². The van der Waals surface area contributed by atoms with Gasteiger partial charge in [-0.25, -0.2) is 4.39 Å². The summed E-state index contributed by atoms with van der Waals surface area (Å²) in [6, 6.07) is 4.72. The standard InChI is InChI=1S/C15H20BrFN2O/c1-2-19(15(20)14-5-3-4-8-18-14)10-11-9-12(16)6-7-13(11)17/h6-7,9,14,18H,2-5,8,10H2,1H3. The van der Waals surface area contributed by atoms with Crippen LogP contribution in [0.4, 0.5) is 4.39 Å². The van der Waals surface area contributed by atoms with Crippen LogP contribution in [-0.4, -0.2) is 29.9 Å². The number of hydrogen-bond donors (Lipinski definition) is 1. The third-order valence-corrected chi connectivity index (χ3v) is 4.16. The van der Waals surface area contributed by atoms with Gasteiger partial charge in [0.25, 0.3) is 0 Å². The predicted molar refractivity (Wildman–Crippen MR) is 80.8 cm³/mol. The second-order valence-corrected chi connectivity index (χ2v) is 6.01. The molecule has 0 radical (unpaired) electrons. The first-order valence-electron chi connectivity index (χ1n) is 7.08. The van der Waals surface area contributed by atoms with Crippen LogP contribution in [0.15, 0.2) is 22.7 Å². The van der Waals surface area contributed by atoms with Crippen molar-refractivity contribution in [2.75, 3.05) is 13.1 Å². The topological polar surface area (TPSA) is 32.3 Å². The van der Waals surface area contributed by atoms with E-state index in [1.54, 1.807) is 17.0 Å². The summed E-state index contributed by atoms with van der Waals surface area (Å²) in [6.45, 7) is 3.72. The summed E-state index contributed by atoms with van der Waals surface area (Å²) in [5.41, 5.74) is 0.547. The highest BCUT2D eigenvalue weighted by Gasteiger charge is 2.25. The lowest BCUT2D eigenvalue weighted by Crippen LogP contribution is -2.48. The van der Waals surface area contributed by atoms with Gasteiger partial charge in [-0.15, -0.1) is 0 Å². The van der Waals surface area contributed by atoms with Gasteiger partial charge in [0, 0.05) is 23.1 Å². The van der Waals surface area contributed by atoms with E-state index in [1.165, 1.54) is 6.07 Å². The minimum absolute atomic E-state index is 0.0755. The van der Waals surface area contributed by atoms with E-state index in [-0.39, 0.29) is 17.8 Å². The summed E-state index contributed by atoms with van der Waals surface area (Å²) in [5, 5.41) is 3.25. The second-order valence-electron chi connectivity index (χ2n) is 5.09. The van der Waals surface area contributed by atoms with Crippen LogP contribution in [0.5, 0.6) is 0 Å². The molecule has 1 heterocycles. The van der Waals surface area contributed by atoms with Gasteiger partial charge >= 0.3 is 0 Å². The molecule has 1 atom stereocenters. The summed E-state index contributed by atoms with van der Waals surface area (Å²) >= 11 is 3.34. The number of hydrogen-bond acceptors (Lipinski definition) is 2. The molecular weight excluding hydrogens is 323 g/mol. The number of benzene rings is 1. The van der Waals surface area contributed by atoms with Crippen LogP contribution in [0.3, 0.4) is 0 Å². The molecule has 1 aliphatic heterocycles. The fourth-order valence-electron chi connectivity index (χ4n) is 2.50. The fraction of sp³-hybridized carbons (Fsp3) is 0.533. The van der Waals surface area contributed by atoms with Crippen molar-refractivity contribution in [3.8, 4) is 0 Å². The molecule has 1 unspecified atom stereocenters. The summed E-state index contributed by atoms with van der Waals surface area (Å²) in [6.07, 6.45) is 3.07. The molecule has 1 amide bonds. The van der Waals surface area contributed by atoms with E-state index in [1.807, 2.05) is 6.92 Å². The first-order chi connectivity index (χ1) is 9.61. The molecule has 0 aliphatic carbocycles. The second kappa shape index (κ2) is 7.18. The Labute approximate surface area is 127 Å². The molecule has 0 aromatic heterocycles. The van der Waals surface area contributed by atoms with E-state index in [2.05, 4.69) is 21.2 Å². The van der Waals surface area contributed by atoms with E-state index >= 15 is 0 Å². The van der Waals surface area contributed by atoms with Gasteiger partial charge in [-0.05, 0) is 44.5 Å². The number of carbonyl (C=O) groups is 1. The molecule has 5 heteroatoms. The molecule has 0 saturated carbocycles. The molecule has 2 rings (SSSR count). The lowest BCUT2D eigenvalue weighted by atomic mass is 10.0. The zero-order chi connectivity index (χ0) is 14.5. The molecule has 1 aromatic rings. The van der Waals surface area contributed by atoms with Gasteiger partial charge < -0.3 is 10.2 Å². The molecular formula is C15H20BrFN2O. The van der Waals surface area contributed by atoms with Gasteiger partial charge in [0.1, 0.15) is 5.82 Å². The highest BCUT2D eigenvalue weighted by molar-refractivity contribution is 9.10. The smallest absolute Gasteiger partial charge is 0.239 e. The minimum Gasteiger partial charge on any atom is -0.337 e. The number of piperidine rings is 1. The fourth-order valence-corrected chi connectivity index (χ4v) is 2.91. The lowest BCUT2D eigenvalue weighted by molar-refractivity contribution is -0.134. The summed E-state index contributed by atoms with van der Waals surface area (Å²) < 4.78 is 14.6. The monoisotopic (exact) mass is 342 g/mol. The van der Waals surface area contributed by atoms with Gasteiger partial charge in [0.05, 0.1) is 6.04 Å². The Kier molecular flexibility index (Phi) is 5.54. The van der Waals surface area contributed by atoms with Crippen LogP contribution in [0.25, 0.3) is 0 Å². The molecule has 0 spiro atoms. The Balaban J connectivity index is 2.07. The summed E-state index contributed by atoms with van der Waals surface area (Å²) in [7, 11) is 0. The third-order valence-electron chi connectivity index (χ3n) is 3.67. The van der Waals surface area contributed by atoms with E-state index < -0.39 is 0 Å². The van der Waals surface area contributed by atoms with Crippen molar-refractivity contribution < 1.29 is 9.18 Å². The third kappa shape index (κ3) is 3.79. The van der Waals surface area contributed by atoms with E-state index in [9.17, 15) is 9.18 Å². The van der Waals surface area contributed by atoms with Crippen LogP contribution in [-0.2, 0) is 11.3 Å². The van der Waals surface area contributed by atoms with Crippen molar-refractivity contribution in [2.45, 2.75) is 38.8 Å². The molecule has 1 saturated heterocycles. The first-order valence-corrected chi connectivity index (χ1v) is 7.87. The highest BCUT2D eigenvalue weighted by atomic mass is 79.9. The molecule has 1 N–H and O–H groups in total. The Hall–Kier alpha value is -0.940. The van der Waals surface area contributed by atoms with Crippen molar-refractivity contribution >= 4 is 21.8 Å². The number of nitrogens with zero attached hydrogens (tertiary/aromatic N) is 1. The average Bonchev–Trinajstić information content (AvgIpc) is 2.48. The molecule has 0 bridgehead atoms. The quantitative estimate of drug-likeness (QED) is 0.911. The van der Waals surface area contributed by atoms with Gasteiger partial charge in [-0.1, -0.05) is 22.4 Å². The van der Waals surface area contributed by atoms with Crippen molar-refractivity contribution in [3.05, 3.63) is 34.1 Å². The van der Waals surface area contributed by atoms with Gasteiger partial charge in [0.15, 0.2) is 0 Å². The predicted octanol–water partition coefficient (Wildman–Crippen LogP) is 3.08. The number of halogens is 2. The highest BCUT2D eigenvalue weighted by Crippen LogP contribution is 2.18. The number of likely N-dealkylation sites (N-methyl/N-ethyl adjacent to an activating group) is 1. The van der Waals surface area contributed by atoms with Crippen LogP contribution in [0, 0.1) is 5.82 Å². The SMILES string of the molecule is CCN(Cc1cc(Br)ccc1F)C(=O)C1CCCCN1. The molecule has 110 valence electrons. The zero-order valence-corrected chi connectivity index (χ0v) is 13.2. The lowest BCUT2D eigenvalue weighted by Gasteiger charge is -2.29. The summed E-state index contributed by atoms with van der Waals surface area (Å²) in [4.78, 5) is 14.2. The normalized spacial score (nSPS) is 18.9. The van der Waals surface area contributed by atoms with E-state index in [0.717, 1.165) is 30.3 Å². The van der Waals surface area contributed by atoms with Crippen molar-refractivity contribution in [1.82, 2.24) is 10.2 Å². The number of rotatable bonds is 4. The van der Waals surface area contributed by atoms with Crippen LogP contribution in [0.1, 0.15) is 31.7 Å². The zero-order valence-electron chi connectivity index (χ0n) is 11.7. The molecule has 20 heavy (non-hydrogen) atoms. The maximum atomic E-state index is 13.8. The van der Waals surface area contributed by atoms with Crippen LogP contribution in [0.2, 0.25) is 0 Å². The van der Waals surface area contributed by atoms with Crippen molar-refractivity contribution in [3.63, 3.8) is 0 Å².